The molecule has 3 N–H and O–H groups in total. The summed E-state index contributed by atoms with van der Waals surface area (Å²) in [5.74, 6) is -10.1. The number of hydrogen-bond donors (Lipinski definition) is 2. The summed E-state index contributed by atoms with van der Waals surface area (Å²) in [6.45, 7) is 4.61. The van der Waals surface area contributed by atoms with Crippen molar-refractivity contribution in [3.05, 3.63) is 65.7 Å². The molecule has 2 aromatic rings. The first kappa shape index (κ1) is 34.6. The summed E-state index contributed by atoms with van der Waals surface area (Å²) in [6, 6.07) is 16.1. The van der Waals surface area contributed by atoms with Gasteiger partial charge in [-0.15, -0.1) is 0 Å². The Morgan fingerprint density at radius 1 is 0.941 bits per heavy atom. The molecular weight excluding hydrogens is 660 g/mol. The third-order valence-corrected chi connectivity index (χ3v) is 11.1. The average Bonchev–Trinajstić information content (AvgIpc) is 3.25. The summed E-state index contributed by atoms with van der Waals surface area (Å²) in [4.78, 5) is 86.2. The molecule has 7 rings (SSSR count). The van der Waals surface area contributed by atoms with Crippen LogP contribution in [0.25, 0.3) is 0 Å². The Kier molecular flexibility index (Phi) is 8.65. The van der Waals surface area contributed by atoms with E-state index in [0.29, 0.717) is 38.8 Å². The van der Waals surface area contributed by atoms with E-state index in [9.17, 15) is 33.9 Å². The molecule has 51 heavy (non-hydrogen) atoms. The van der Waals surface area contributed by atoms with Crippen molar-refractivity contribution in [3.8, 4) is 0 Å². The number of fused-ring (bicyclic) bond motifs is 3. The molecule has 270 valence electrons. The Morgan fingerprint density at radius 3 is 2.33 bits per heavy atom. The standard InChI is InChI=1S/C37H42N4O10/c1-35(2)24-11-6-7-12-25(24)41(33(35)46)23-16-19-39(20-17-23)31(44)26(15-14-22-9-4-3-5-10-22)40-18-8-13-27-37(40)50-28(42)21-36(48,34(47)51-37)29(30(38)43)32(45)49-27/h3-7,9-12,23,26-27,29,48H,8,13-21H2,1-2H3,(H2,38,43)/t26-,27+,29+,36+,37+/m0/s1. The van der Waals surface area contributed by atoms with E-state index in [-0.39, 0.29) is 37.2 Å². The van der Waals surface area contributed by atoms with Crippen LogP contribution in [0.15, 0.2) is 54.6 Å². The molecule has 5 atom stereocenters. The Bertz CT molecular complexity index is 1780. The second-order valence-corrected chi connectivity index (χ2v) is 14.6. The Balaban J connectivity index is 1.20. The molecule has 3 amide bonds. The zero-order valence-corrected chi connectivity index (χ0v) is 28.6. The van der Waals surface area contributed by atoms with Crippen LogP contribution in [-0.2, 0) is 54.8 Å². The van der Waals surface area contributed by atoms with Crippen LogP contribution in [0.2, 0.25) is 0 Å². The lowest BCUT2D eigenvalue weighted by atomic mass is 9.83. The molecule has 0 saturated carbocycles. The van der Waals surface area contributed by atoms with Crippen molar-refractivity contribution < 1.29 is 48.1 Å². The molecule has 2 aromatic carbocycles. The summed E-state index contributed by atoms with van der Waals surface area (Å²) >= 11 is 0. The number of benzene rings is 2. The number of ether oxygens (including phenoxy) is 3. The first-order valence-electron chi connectivity index (χ1n) is 17.5. The van der Waals surface area contributed by atoms with Crippen LogP contribution in [-0.4, -0.2) is 99.9 Å². The highest BCUT2D eigenvalue weighted by Crippen LogP contribution is 2.46. The number of primary amides is 1. The van der Waals surface area contributed by atoms with Gasteiger partial charge in [0.25, 0.3) is 0 Å². The lowest BCUT2D eigenvalue weighted by Crippen LogP contribution is -2.71. The molecule has 1 spiro atoms. The number of rotatable bonds is 7. The fourth-order valence-electron chi connectivity index (χ4n) is 8.45. The maximum Gasteiger partial charge on any atom is 0.359 e. The number of nitrogens with two attached hydrogens (primary N) is 1. The molecule has 4 saturated heterocycles. The van der Waals surface area contributed by atoms with Crippen molar-refractivity contribution in [2.75, 3.05) is 24.5 Å². The van der Waals surface area contributed by atoms with E-state index in [4.69, 9.17) is 19.9 Å². The smallest absolute Gasteiger partial charge is 0.359 e. The van der Waals surface area contributed by atoms with E-state index in [0.717, 1.165) is 16.8 Å². The van der Waals surface area contributed by atoms with Crippen LogP contribution in [0.4, 0.5) is 5.69 Å². The number of carbonyl (C=O) groups excluding carboxylic acids is 6. The van der Waals surface area contributed by atoms with Gasteiger partial charge in [-0.2, -0.15) is 0 Å². The normalized spacial score (nSPS) is 29.9. The monoisotopic (exact) mass is 702 g/mol. The van der Waals surface area contributed by atoms with E-state index in [2.05, 4.69) is 0 Å². The quantitative estimate of drug-likeness (QED) is 0.313. The molecule has 14 heteroatoms. The number of piperidine rings is 2. The van der Waals surface area contributed by atoms with Crippen LogP contribution in [0, 0.1) is 5.92 Å². The molecule has 5 heterocycles. The summed E-state index contributed by atoms with van der Waals surface area (Å²) in [6.07, 6.45) is -0.409. The number of anilines is 1. The van der Waals surface area contributed by atoms with E-state index >= 15 is 0 Å². The topological polar surface area (TPSA) is 186 Å². The van der Waals surface area contributed by atoms with Crippen molar-refractivity contribution >= 4 is 41.3 Å². The predicted octanol–water partition coefficient (Wildman–Crippen LogP) is 1.30. The molecule has 4 fully saturated rings. The van der Waals surface area contributed by atoms with E-state index < -0.39 is 65.2 Å². The SMILES string of the molecule is CC1(C)C(=O)N(C2CCN(C(=O)[C@H](CCc3ccccc3)N3CCC[C@H]4OC(=O)[C@@H](C(N)=O)[C@]5(O)CC(=O)O[C@@]43OC5=O)CC2)c2ccccc21. The maximum atomic E-state index is 14.7. The predicted molar refractivity (Wildman–Crippen MR) is 178 cm³/mol. The van der Waals surface area contributed by atoms with Gasteiger partial charge in [0.15, 0.2) is 17.6 Å². The number of hydrogen-bond acceptors (Lipinski definition) is 11. The Morgan fingerprint density at radius 2 is 1.63 bits per heavy atom. The van der Waals surface area contributed by atoms with Crippen LogP contribution < -0.4 is 10.6 Å². The van der Waals surface area contributed by atoms with E-state index in [1.165, 1.54) is 4.90 Å². The van der Waals surface area contributed by atoms with Gasteiger partial charge in [-0.1, -0.05) is 48.5 Å². The summed E-state index contributed by atoms with van der Waals surface area (Å²) in [7, 11) is 0. The lowest BCUT2D eigenvalue weighted by Gasteiger charge is -2.51. The minimum atomic E-state index is -2.97. The van der Waals surface area contributed by atoms with Crippen molar-refractivity contribution in [2.45, 2.75) is 93.9 Å². The van der Waals surface area contributed by atoms with Gasteiger partial charge in [-0.25, -0.2) is 9.69 Å². The van der Waals surface area contributed by atoms with Gasteiger partial charge in [0, 0.05) is 31.4 Å². The molecule has 0 aromatic heterocycles. The molecular formula is C37H42N4O10. The number of para-hydroxylation sites is 1. The number of nitrogens with zero attached hydrogens (tertiary/aromatic N) is 3. The van der Waals surface area contributed by atoms with Crippen molar-refractivity contribution in [3.63, 3.8) is 0 Å². The van der Waals surface area contributed by atoms with Gasteiger partial charge >= 0.3 is 23.8 Å². The number of amides is 3. The first-order valence-corrected chi connectivity index (χ1v) is 17.5. The van der Waals surface area contributed by atoms with Crippen LogP contribution >= 0.6 is 0 Å². The minimum Gasteiger partial charge on any atom is -0.452 e. The molecule has 0 unspecified atom stereocenters. The third-order valence-electron chi connectivity index (χ3n) is 11.1. The fraction of sp³-hybridized carbons (Fsp3) is 0.514. The van der Waals surface area contributed by atoms with Gasteiger partial charge in [0.05, 0.1) is 17.9 Å². The molecule has 0 radical (unpaired) electrons. The summed E-state index contributed by atoms with van der Waals surface area (Å²) < 4.78 is 17.3. The molecule has 0 aliphatic carbocycles. The third kappa shape index (κ3) is 5.64. The fourth-order valence-corrected chi connectivity index (χ4v) is 8.45. The van der Waals surface area contributed by atoms with Gasteiger partial charge in [-0.3, -0.25) is 24.0 Å². The Labute approximate surface area is 294 Å². The van der Waals surface area contributed by atoms with Crippen LogP contribution in [0.5, 0.6) is 0 Å². The number of aryl methyl sites for hydroxylation is 1. The van der Waals surface area contributed by atoms with Gasteiger partial charge < -0.3 is 34.9 Å². The van der Waals surface area contributed by atoms with Gasteiger partial charge in [0.1, 0.15) is 0 Å². The zero-order valence-electron chi connectivity index (χ0n) is 28.6. The van der Waals surface area contributed by atoms with Gasteiger partial charge in [0.2, 0.25) is 17.7 Å². The van der Waals surface area contributed by atoms with Crippen molar-refractivity contribution in [1.29, 1.82) is 0 Å². The number of carbonyl (C=O) groups is 6. The lowest BCUT2D eigenvalue weighted by molar-refractivity contribution is -0.344. The Hall–Kier alpha value is -4.82. The first-order chi connectivity index (χ1) is 24.3. The minimum absolute atomic E-state index is 0.0158. The zero-order chi connectivity index (χ0) is 36.3. The highest BCUT2D eigenvalue weighted by Gasteiger charge is 2.68. The van der Waals surface area contributed by atoms with Crippen LogP contribution in [0.1, 0.15) is 63.5 Å². The number of aliphatic hydroxyl groups is 1. The number of esters is 3. The average molecular weight is 703 g/mol. The van der Waals surface area contributed by atoms with E-state index in [1.54, 1.807) is 4.90 Å². The van der Waals surface area contributed by atoms with Crippen molar-refractivity contribution in [2.24, 2.45) is 11.7 Å². The summed E-state index contributed by atoms with van der Waals surface area (Å²) in [5.41, 5.74) is 4.56. The largest absolute Gasteiger partial charge is 0.452 e. The highest BCUT2D eigenvalue weighted by atomic mass is 16.8. The molecule has 14 nitrogen and oxygen atoms in total. The second-order valence-electron chi connectivity index (χ2n) is 14.6. The molecule has 5 aliphatic rings. The maximum absolute atomic E-state index is 14.7. The molecule has 5 aliphatic heterocycles. The summed E-state index contributed by atoms with van der Waals surface area (Å²) in [5, 5.41) is 11.3. The van der Waals surface area contributed by atoms with Crippen LogP contribution in [0.3, 0.4) is 0 Å². The second kappa shape index (κ2) is 12.7. The van der Waals surface area contributed by atoms with E-state index in [1.807, 2.05) is 73.3 Å². The van der Waals surface area contributed by atoms with Crippen molar-refractivity contribution in [1.82, 2.24) is 9.80 Å². The number of likely N-dealkylation sites (tertiary alicyclic amines) is 2. The molecule has 2 bridgehead atoms. The van der Waals surface area contributed by atoms with Gasteiger partial charge in [-0.05, 0) is 69.6 Å². The highest BCUT2D eigenvalue weighted by molar-refractivity contribution is 6.08.